The summed E-state index contributed by atoms with van der Waals surface area (Å²) in [6.07, 6.45) is -0.0835. The second-order valence-electron chi connectivity index (χ2n) is 8.18. The van der Waals surface area contributed by atoms with E-state index in [-0.39, 0.29) is 36.1 Å². The van der Waals surface area contributed by atoms with Gasteiger partial charge in [-0.05, 0) is 40.8 Å². The van der Waals surface area contributed by atoms with Crippen molar-refractivity contribution in [3.63, 3.8) is 0 Å². The number of para-hydroxylation sites is 1. The third-order valence-electron chi connectivity index (χ3n) is 6.02. The lowest BCUT2D eigenvalue weighted by Crippen LogP contribution is -2.38. The molecule has 0 saturated carbocycles. The molecule has 0 aromatic heterocycles. The van der Waals surface area contributed by atoms with Gasteiger partial charge < -0.3 is 20.5 Å². The van der Waals surface area contributed by atoms with Gasteiger partial charge in [-0.3, -0.25) is 4.79 Å². The summed E-state index contributed by atoms with van der Waals surface area (Å²) in [5.41, 5.74) is 4.78. The fourth-order valence-electron chi connectivity index (χ4n) is 4.31. The molecule has 0 radical (unpaired) electrons. The Morgan fingerprint density at radius 1 is 0.912 bits per heavy atom. The van der Waals surface area contributed by atoms with E-state index >= 15 is 0 Å². The number of amides is 2. The fourth-order valence-corrected chi connectivity index (χ4v) is 4.31. The van der Waals surface area contributed by atoms with Crippen molar-refractivity contribution in [3.8, 4) is 11.1 Å². The van der Waals surface area contributed by atoms with Gasteiger partial charge in [0.25, 0.3) is 0 Å². The van der Waals surface area contributed by atoms with Crippen LogP contribution in [0.3, 0.4) is 0 Å². The third kappa shape index (κ3) is 4.93. The van der Waals surface area contributed by atoms with Crippen LogP contribution in [-0.2, 0) is 9.53 Å². The average molecular weight is 459 g/mol. The highest BCUT2D eigenvalue weighted by Gasteiger charge is 2.29. The van der Waals surface area contributed by atoms with Gasteiger partial charge in [-0.1, -0.05) is 67.6 Å². The van der Waals surface area contributed by atoms with Crippen LogP contribution in [0.5, 0.6) is 0 Å². The summed E-state index contributed by atoms with van der Waals surface area (Å²) >= 11 is 0. The average Bonchev–Trinajstić information content (AvgIpc) is 3.16. The maximum absolute atomic E-state index is 12.5. The van der Waals surface area contributed by atoms with Crippen LogP contribution in [0, 0.1) is 0 Å². The summed E-state index contributed by atoms with van der Waals surface area (Å²) in [5.74, 6) is -1.56. The number of carboxylic acids is 1. The van der Waals surface area contributed by atoms with Crippen molar-refractivity contribution < 1.29 is 24.2 Å². The predicted octanol–water partition coefficient (Wildman–Crippen LogP) is 5.03. The van der Waals surface area contributed by atoms with E-state index in [1.807, 2.05) is 31.2 Å². The molecule has 34 heavy (non-hydrogen) atoms. The lowest BCUT2D eigenvalue weighted by Gasteiger charge is -2.19. The zero-order valence-corrected chi connectivity index (χ0v) is 18.8. The van der Waals surface area contributed by atoms with Crippen LogP contribution < -0.4 is 10.6 Å². The first-order valence-corrected chi connectivity index (χ1v) is 11.2. The topological polar surface area (TPSA) is 105 Å². The smallest absolute Gasteiger partial charge is 0.407 e. The molecule has 1 aliphatic rings. The molecule has 0 unspecified atom stereocenters. The van der Waals surface area contributed by atoms with Gasteiger partial charge in [0.2, 0.25) is 5.91 Å². The van der Waals surface area contributed by atoms with Crippen molar-refractivity contribution in [2.45, 2.75) is 31.7 Å². The van der Waals surface area contributed by atoms with Crippen LogP contribution in [0.1, 0.15) is 47.2 Å². The predicted molar refractivity (Wildman–Crippen MR) is 129 cm³/mol. The Hall–Kier alpha value is -4.13. The second-order valence-corrected chi connectivity index (χ2v) is 8.18. The first kappa shape index (κ1) is 23.0. The Labute approximate surface area is 197 Å². The Morgan fingerprint density at radius 3 is 2.12 bits per heavy atom. The number of carbonyl (C=O) groups is 3. The summed E-state index contributed by atoms with van der Waals surface area (Å²) < 4.78 is 5.56. The molecule has 0 saturated heterocycles. The van der Waals surface area contributed by atoms with E-state index in [4.69, 9.17) is 4.74 Å². The third-order valence-corrected chi connectivity index (χ3v) is 6.02. The zero-order chi connectivity index (χ0) is 24.1. The minimum absolute atomic E-state index is 0.00531. The highest BCUT2D eigenvalue weighted by Crippen LogP contribution is 2.44. The lowest BCUT2D eigenvalue weighted by molar-refractivity contribution is -0.116. The van der Waals surface area contributed by atoms with E-state index < -0.39 is 18.1 Å². The molecule has 1 atom stereocenters. The second kappa shape index (κ2) is 10.2. The van der Waals surface area contributed by atoms with Gasteiger partial charge in [0, 0.05) is 18.4 Å². The number of anilines is 1. The summed E-state index contributed by atoms with van der Waals surface area (Å²) in [5, 5.41) is 14.6. The van der Waals surface area contributed by atoms with Crippen LogP contribution in [0.25, 0.3) is 11.1 Å². The van der Waals surface area contributed by atoms with Crippen LogP contribution >= 0.6 is 0 Å². The Bertz CT molecular complexity index is 1180. The number of aromatic carboxylic acids is 1. The van der Waals surface area contributed by atoms with Gasteiger partial charge in [-0.15, -0.1) is 0 Å². The zero-order valence-electron chi connectivity index (χ0n) is 18.8. The molecule has 3 aromatic carbocycles. The molecule has 3 aromatic rings. The molecular weight excluding hydrogens is 432 g/mol. The Kier molecular flexibility index (Phi) is 6.92. The van der Waals surface area contributed by atoms with Crippen LogP contribution in [0.2, 0.25) is 0 Å². The Morgan fingerprint density at radius 2 is 1.50 bits per heavy atom. The monoisotopic (exact) mass is 458 g/mol. The van der Waals surface area contributed by atoms with Crippen molar-refractivity contribution in [2.24, 2.45) is 0 Å². The van der Waals surface area contributed by atoms with E-state index in [9.17, 15) is 19.5 Å². The van der Waals surface area contributed by atoms with Crippen molar-refractivity contribution in [3.05, 3.63) is 89.5 Å². The first-order chi connectivity index (χ1) is 16.5. The fraction of sp³-hybridized carbons (Fsp3) is 0.222. The van der Waals surface area contributed by atoms with Gasteiger partial charge in [-0.25, -0.2) is 9.59 Å². The van der Waals surface area contributed by atoms with E-state index in [2.05, 4.69) is 34.9 Å². The summed E-state index contributed by atoms with van der Waals surface area (Å²) in [7, 11) is 0. The van der Waals surface area contributed by atoms with Crippen molar-refractivity contribution in [1.29, 1.82) is 0 Å². The van der Waals surface area contributed by atoms with Crippen LogP contribution in [0.4, 0.5) is 10.5 Å². The van der Waals surface area contributed by atoms with Gasteiger partial charge in [0.15, 0.2) is 0 Å². The van der Waals surface area contributed by atoms with Crippen LogP contribution in [-0.4, -0.2) is 35.7 Å². The van der Waals surface area contributed by atoms with Gasteiger partial charge in [0.05, 0.1) is 11.3 Å². The van der Waals surface area contributed by atoms with Crippen molar-refractivity contribution >= 4 is 23.7 Å². The van der Waals surface area contributed by atoms with E-state index in [0.717, 1.165) is 22.3 Å². The van der Waals surface area contributed by atoms with E-state index in [1.54, 1.807) is 12.1 Å². The highest BCUT2D eigenvalue weighted by atomic mass is 16.5. The number of nitrogens with one attached hydrogen (secondary N) is 2. The van der Waals surface area contributed by atoms with E-state index in [0.29, 0.717) is 6.42 Å². The molecule has 4 rings (SSSR count). The number of hydrogen-bond acceptors (Lipinski definition) is 4. The molecule has 7 nitrogen and oxygen atoms in total. The molecule has 0 spiro atoms. The van der Waals surface area contributed by atoms with Crippen molar-refractivity contribution in [2.75, 3.05) is 11.9 Å². The lowest BCUT2D eigenvalue weighted by atomic mass is 9.98. The SMILES string of the molecule is CC[C@@H](CC(=O)Nc1ccccc1C(=O)O)NC(=O)OCC1c2ccccc2-c2ccccc21. The highest BCUT2D eigenvalue weighted by molar-refractivity contribution is 6.00. The summed E-state index contributed by atoms with van der Waals surface area (Å²) in [6, 6.07) is 21.9. The molecule has 174 valence electrons. The number of alkyl carbamates (subject to hydrolysis) is 1. The molecule has 1 aliphatic carbocycles. The molecule has 0 fully saturated rings. The molecule has 0 heterocycles. The van der Waals surface area contributed by atoms with Crippen molar-refractivity contribution in [1.82, 2.24) is 5.32 Å². The minimum Gasteiger partial charge on any atom is -0.478 e. The standard InChI is InChI=1S/C27H26N2O5/c1-2-17(15-25(30)29-24-14-8-7-13-22(24)26(31)32)28-27(33)34-16-23-20-11-5-3-9-18(20)19-10-4-6-12-21(19)23/h3-14,17,23H,2,15-16H2,1H3,(H,28,33)(H,29,30)(H,31,32)/t17-/m0/s1. The maximum atomic E-state index is 12.5. The maximum Gasteiger partial charge on any atom is 0.407 e. The number of carboxylic acid groups (broad SMARTS) is 1. The number of fused-ring (bicyclic) bond motifs is 3. The number of rotatable bonds is 8. The van der Waals surface area contributed by atoms with Gasteiger partial charge in [0.1, 0.15) is 6.61 Å². The molecule has 0 bridgehead atoms. The normalized spacial score (nSPS) is 12.9. The van der Waals surface area contributed by atoms with Gasteiger partial charge in [-0.2, -0.15) is 0 Å². The molecule has 7 heteroatoms. The number of ether oxygens (including phenoxy) is 1. The minimum atomic E-state index is -1.13. The number of carbonyl (C=O) groups excluding carboxylic acids is 2. The van der Waals surface area contributed by atoms with Gasteiger partial charge >= 0.3 is 12.1 Å². The van der Waals surface area contributed by atoms with E-state index in [1.165, 1.54) is 12.1 Å². The molecular formula is C27H26N2O5. The summed E-state index contributed by atoms with van der Waals surface area (Å²) in [4.78, 5) is 36.4. The largest absolute Gasteiger partial charge is 0.478 e. The number of benzene rings is 3. The molecule has 0 aliphatic heterocycles. The quantitative estimate of drug-likeness (QED) is 0.439. The number of hydrogen-bond donors (Lipinski definition) is 3. The molecule has 3 N–H and O–H groups in total. The molecule has 2 amide bonds. The Balaban J connectivity index is 1.35. The van der Waals surface area contributed by atoms with Crippen LogP contribution in [0.15, 0.2) is 72.8 Å². The summed E-state index contributed by atoms with van der Waals surface area (Å²) in [6.45, 7) is 2.04. The first-order valence-electron chi connectivity index (χ1n) is 11.2.